The zero-order chi connectivity index (χ0) is 17.3. The van der Waals surface area contributed by atoms with Crippen LogP contribution in [0.15, 0.2) is 33.5 Å². The minimum atomic E-state index is -0.388. The summed E-state index contributed by atoms with van der Waals surface area (Å²) in [4.78, 5) is 28.0. The lowest BCUT2D eigenvalue weighted by molar-refractivity contribution is -0.133. The Morgan fingerprint density at radius 3 is 2.88 bits per heavy atom. The summed E-state index contributed by atoms with van der Waals surface area (Å²) in [5.41, 5.74) is 0.995. The molecule has 0 N–H and O–H groups in total. The van der Waals surface area contributed by atoms with E-state index in [1.165, 1.54) is 6.07 Å². The van der Waals surface area contributed by atoms with E-state index in [4.69, 9.17) is 9.15 Å². The fourth-order valence-electron chi connectivity index (χ4n) is 3.28. The lowest BCUT2D eigenvalue weighted by Crippen LogP contribution is -2.42. The number of hydrogen-bond donors (Lipinski definition) is 0. The number of likely N-dealkylation sites (tertiary alicyclic amines) is 1. The Bertz CT molecular complexity index is 812. The molecule has 0 aliphatic carbocycles. The van der Waals surface area contributed by atoms with Crippen LogP contribution in [0.2, 0.25) is 0 Å². The molecule has 24 heavy (non-hydrogen) atoms. The average molecular weight is 330 g/mol. The minimum absolute atomic E-state index is 0.112. The highest BCUT2D eigenvalue weighted by Gasteiger charge is 2.31. The van der Waals surface area contributed by atoms with Gasteiger partial charge in [0, 0.05) is 38.2 Å². The van der Waals surface area contributed by atoms with E-state index in [0.29, 0.717) is 17.9 Å². The van der Waals surface area contributed by atoms with E-state index < -0.39 is 0 Å². The van der Waals surface area contributed by atoms with Crippen LogP contribution >= 0.6 is 0 Å². The second-order valence-corrected chi connectivity index (χ2v) is 6.31. The molecule has 1 amide bonds. The Labute approximate surface area is 140 Å². The maximum Gasteiger partial charge on any atom is 0.336 e. The van der Waals surface area contributed by atoms with Crippen molar-refractivity contribution in [3.63, 3.8) is 0 Å². The molecule has 6 heteroatoms. The molecular weight excluding hydrogens is 308 g/mol. The Kier molecular flexibility index (Phi) is 4.57. The molecule has 2 heterocycles. The van der Waals surface area contributed by atoms with Crippen molar-refractivity contribution in [3.8, 4) is 5.75 Å². The van der Waals surface area contributed by atoms with Crippen molar-refractivity contribution in [2.75, 3.05) is 27.7 Å². The highest BCUT2D eigenvalue weighted by Crippen LogP contribution is 2.26. The van der Waals surface area contributed by atoms with Crippen LogP contribution in [-0.4, -0.2) is 49.5 Å². The third-order valence-corrected chi connectivity index (χ3v) is 4.50. The predicted octanol–water partition coefficient (Wildman–Crippen LogP) is 1.85. The largest absolute Gasteiger partial charge is 0.497 e. The number of fused-ring (bicyclic) bond motifs is 1. The standard InChI is InChI=1S/C18H22N2O4/c1-19(2)18(22)15-5-4-8-20(15)11-12-9-17(21)24-16-10-13(23-3)6-7-14(12)16/h6-7,9-10,15H,4-5,8,11H2,1-3H3/t15-/m1/s1. The SMILES string of the molecule is COc1ccc2c(CN3CCC[C@@H]3C(=O)N(C)C)cc(=O)oc2c1. The number of likely N-dealkylation sites (N-methyl/N-ethyl adjacent to an activating group) is 1. The van der Waals surface area contributed by atoms with Crippen LogP contribution < -0.4 is 10.4 Å². The average Bonchev–Trinajstić information content (AvgIpc) is 3.01. The Morgan fingerprint density at radius 1 is 1.38 bits per heavy atom. The lowest BCUT2D eigenvalue weighted by Gasteiger charge is -2.26. The number of carbonyl (C=O) groups is 1. The molecule has 2 aromatic rings. The van der Waals surface area contributed by atoms with Crippen LogP contribution in [0.25, 0.3) is 11.0 Å². The first-order valence-corrected chi connectivity index (χ1v) is 8.05. The molecule has 0 saturated carbocycles. The van der Waals surface area contributed by atoms with Crippen molar-refractivity contribution in [2.45, 2.75) is 25.4 Å². The van der Waals surface area contributed by atoms with Crippen molar-refractivity contribution >= 4 is 16.9 Å². The van der Waals surface area contributed by atoms with Crippen molar-refractivity contribution in [1.82, 2.24) is 9.80 Å². The lowest BCUT2D eigenvalue weighted by atomic mass is 10.1. The molecule has 0 unspecified atom stereocenters. The van der Waals surface area contributed by atoms with Gasteiger partial charge in [-0.2, -0.15) is 0 Å². The zero-order valence-corrected chi connectivity index (χ0v) is 14.2. The first-order chi connectivity index (χ1) is 11.5. The number of rotatable bonds is 4. The van der Waals surface area contributed by atoms with Gasteiger partial charge in [0.15, 0.2) is 0 Å². The quantitative estimate of drug-likeness (QED) is 0.801. The third kappa shape index (κ3) is 3.14. The Hall–Kier alpha value is -2.34. The van der Waals surface area contributed by atoms with Gasteiger partial charge in [0.2, 0.25) is 5.91 Å². The van der Waals surface area contributed by atoms with Gasteiger partial charge in [-0.1, -0.05) is 0 Å². The molecule has 128 valence electrons. The summed E-state index contributed by atoms with van der Waals surface area (Å²) in [6, 6.07) is 6.85. The third-order valence-electron chi connectivity index (χ3n) is 4.50. The van der Waals surface area contributed by atoms with E-state index in [-0.39, 0.29) is 17.6 Å². The number of hydrogen-bond acceptors (Lipinski definition) is 5. The number of ether oxygens (including phenoxy) is 1. The van der Waals surface area contributed by atoms with Crippen molar-refractivity contribution in [1.29, 1.82) is 0 Å². The molecule has 6 nitrogen and oxygen atoms in total. The number of carbonyl (C=O) groups excluding carboxylic acids is 1. The molecule has 3 rings (SSSR count). The molecule has 1 saturated heterocycles. The van der Waals surface area contributed by atoms with E-state index in [1.807, 2.05) is 12.1 Å². The summed E-state index contributed by atoms with van der Waals surface area (Å²) in [7, 11) is 5.13. The predicted molar refractivity (Wildman–Crippen MR) is 91.2 cm³/mol. The molecular formula is C18H22N2O4. The Balaban J connectivity index is 1.95. The highest BCUT2D eigenvalue weighted by atomic mass is 16.5. The zero-order valence-electron chi connectivity index (χ0n) is 14.2. The highest BCUT2D eigenvalue weighted by molar-refractivity contribution is 5.83. The molecule has 0 bridgehead atoms. The molecule has 1 aliphatic rings. The molecule has 0 spiro atoms. The van der Waals surface area contributed by atoms with E-state index in [1.54, 1.807) is 32.2 Å². The van der Waals surface area contributed by atoms with Crippen LogP contribution in [0, 0.1) is 0 Å². The van der Waals surface area contributed by atoms with E-state index in [9.17, 15) is 9.59 Å². The molecule has 0 radical (unpaired) electrons. The van der Waals surface area contributed by atoms with E-state index in [0.717, 1.165) is 30.3 Å². The summed E-state index contributed by atoms with van der Waals surface area (Å²) in [5, 5.41) is 0.873. The fourth-order valence-corrected chi connectivity index (χ4v) is 3.28. The first-order valence-electron chi connectivity index (χ1n) is 8.05. The maximum absolute atomic E-state index is 12.3. The molecule has 1 aliphatic heterocycles. The molecule has 1 aromatic carbocycles. The van der Waals surface area contributed by atoms with Gasteiger partial charge in [-0.15, -0.1) is 0 Å². The van der Waals surface area contributed by atoms with E-state index in [2.05, 4.69) is 4.90 Å². The van der Waals surface area contributed by atoms with Gasteiger partial charge in [-0.25, -0.2) is 4.79 Å². The summed E-state index contributed by atoms with van der Waals surface area (Å²) in [6.45, 7) is 1.40. The summed E-state index contributed by atoms with van der Waals surface area (Å²) in [6.07, 6.45) is 1.83. The Morgan fingerprint density at radius 2 is 2.17 bits per heavy atom. The fraction of sp³-hybridized carbons (Fsp3) is 0.444. The number of benzene rings is 1. The maximum atomic E-state index is 12.3. The van der Waals surface area contributed by atoms with E-state index >= 15 is 0 Å². The number of methoxy groups -OCH3 is 1. The second-order valence-electron chi connectivity index (χ2n) is 6.31. The van der Waals surface area contributed by atoms with Gasteiger partial charge in [0.25, 0.3) is 0 Å². The van der Waals surface area contributed by atoms with Gasteiger partial charge in [0.05, 0.1) is 13.2 Å². The molecule has 1 atom stereocenters. The van der Waals surface area contributed by atoms with Gasteiger partial charge in [-0.3, -0.25) is 9.69 Å². The monoisotopic (exact) mass is 330 g/mol. The summed E-state index contributed by atoms with van der Waals surface area (Å²) >= 11 is 0. The summed E-state index contributed by atoms with van der Waals surface area (Å²) < 4.78 is 10.5. The van der Waals surface area contributed by atoms with Crippen molar-refractivity contribution < 1.29 is 13.9 Å². The van der Waals surface area contributed by atoms with Crippen LogP contribution in [-0.2, 0) is 11.3 Å². The van der Waals surface area contributed by atoms with Crippen molar-refractivity contribution in [3.05, 3.63) is 40.2 Å². The van der Waals surface area contributed by atoms with Crippen LogP contribution in [0.1, 0.15) is 18.4 Å². The van der Waals surface area contributed by atoms with Gasteiger partial charge in [-0.05, 0) is 37.1 Å². The molecule has 1 fully saturated rings. The normalized spacial score (nSPS) is 18.0. The van der Waals surface area contributed by atoms with Gasteiger partial charge < -0.3 is 14.1 Å². The van der Waals surface area contributed by atoms with Crippen LogP contribution in [0.4, 0.5) is 0 Å². The summed E-state index contributed by atoms with van der Waals surface area (Å²) in [5.74, 6) is 0.756. The van der Waals surface area contributed by atoms with Gasteiger partial charge in [0.1, 0.15) is 11.3 Å². The smallest absolute Gasteiger partial charge is 0.336 e. The second kappa shape index (κ2) is 6.65. The number of amides is 1. The van der Waals surface area contributed by atoms with Crippen LogP contribution in [0.5, 0.6) is 5.75 Å². The number of nitrogens with zero attached hydrogens (tertiary/aromatic N) is 2. The van der Waals surface area contributed by atoms with Crippen molar-refractivity contribution in [2.24, 2.45) is 0 Å². The topological polar surface area (TPSA) is 63.0 Å². The minimum Gasteiger partial charge on any atom is -0.497 e. The first kappa shape index (κ1) is 16.5. The molecule has 1 aromatic heterocycles. The van der Waals surface area contributed by atoms with Crippen LogP contribution in [0.3, 0.4) is 0 Å². The van der Waals surface area contributed by atoms with Gasteiger partial charge >= 0.3 is 5.63 Å².